The van der Waals surface area contributed by atoms with E-state index in [-0.39, 0.29) is 6.10 Å². The topological polar surface area (TPSA) is 68.3 Å². The standard InChI is InChI=1S/C16H18N4O2S/c23-16(17-11-13-7-4-10-21-13)18-14-8-9-15(20-19-14)22-12-5-2-1-3-6-12/h1-3,5-6,8-9,13H,4,7,10-11H2,(H2,17,18,19,23). The Morgan fingerprint density at radius 1 is 1.22 bits per heavy atom. The molecule has 7 heteroatoms. The molecular weight excluding hydrogens is 312 g/mol. The Hall–Kier alpha value is -2.25. The number of nitrogens with zero attached hydrogens (tertiary/aromatic N) is 2. The molecule has 0 spiro atoms. The maximum atomic E-state index is 5.59. The molecule has 0 radical (unpaired) electrons. The molecule has 2 N–H and O–H groups in total. The van der Waals surface area contributed by atoms with Gasteiger partial charge in [0, 0.05) is 19.2 Å². The van der Waals surface area contributed by atoms with Crippen LogP contribution >= 0.6 is 12.2 Å². The lowest BCUT2D eigenvalue weighted by atomic mass is 10.2. The van der Waals surface area contributed by atoms with E-state index in [4.69, 9.17) is 21.7 Å². The molecule has 0 amide bonds. The fourth-order valence-corrected chi connectivity index (χ4v) is 2.41. The van der Waals surface area contributed by atoms with Crippen LogP contribution in [0.15, 0.2) is 42.5 Å². The second-order valence-corrected chi connectivity index (χ2v) is 5.55. The molecule has 1 fully saturated rings. The monoisotopic (exact) mass is 330 g/mol. The smallest absolute Gasteiger partial charge is 0.238 e. The van der Waals surface area contributed by atoms with E-state index in [1.54, 1.807) is 12.1 Å². The van der Waals surface area contributed by atoms with Crippen molar-refractivity contribution in [1.29, 1.82) is 0 Å². The van der Waals surface area contributed by atoms with Crippen LogP contribution in [-0.2, 0) is 4.74 Å². The molecule has 23 heavy (non-hydrogen) atoms. The maximum absolute atomic E-state index is 5.59. The van der Waals surface area contributed by atoms with Crippen LogP contribution in [0.5, 0.6) is 11.6 Å². The highest BCUT2D eigenvalue weighted by Gasteiger charge is 2.15. The van der Waals surface area contributed by atoms with Crippen LogP contribution in [-0.4, -0.2) is 34.6 Å². The number of aromatic nitrogens is 2. The largest absolute Gasteiger partial charge is 0.438 e. The van der Waals surface area contributed by atoms with Gasteiger partial charge in [-0.05, 0) is 43.3 Å². The second-order valence-electron chi connectivity index (χ2n) is 5.14. The number of benzene rings is 1. The first-order valence-corrected chi connectivity index (χ1v) is 7.93. The fourth-order valence-electron chi connectivity index (χ4n) is 2.22. The van der Waals surface area contributed by atoms with Crippen molar-refractivity contribution in [3.05, 3.63) is 42.5 Å². The van der Waals surface area contributed by atoms with Crippen molar-refractivity contribution in [1.82, 2.24) is 15.5 Å². The summed E-state index contributed by atoms with van der Waals surface area (Å²) in [6.07, 6.45) is 2.42. The molecule has 6 nitrogen and oxygen atoms in total. The van der Waals surface area contributed by atoms with E-state index in [2.05, 4.69) is 20.8 Å². The number of anilines is 1. The van der Waals surface area contributed by atoms with Crippen molar-refractivity contribution in [2.75, 3.05) is 18.5 Å². The summed E-state index contributed by atoms with van der Waals surface area (Å²) in [5.74, 6) is 1.71. The Labute approximate surface area is 140 Å². The average molecular weight is 330 g/mol. The highest BCUT2D eigenvalue weighted by molar-refractivity contribution is 7.80. The van der Waals surface area contributed by atoms with E-state index in [0.717, 1.165) is 25.2 Å². The Morgan fingerprint density at radius 2 is 2.09 bits per heavy atom. The Balaban J connectivity index is 1.47. The third-order valence-corrected chi connectivity index (χ3v) is 3.61. The van der Waals surface area contributed by atoms with Gasteiger partial charge in [-0.15, -0.1) is 10.2 Å². The van der Waals surface area contributed by atoms with Gasteiger partial charge in [0.15, 0.2) is 10.9 Å². The molecule has 2 heterocycles. The van der Waals surface area contributed by atoms with E-state index >= 15 is 0 Å². The van der Waals surface area contributed by atoms with Gasteiger partial charge in [0.1, 0.15) is 5.75 Å². The third kappa shape index (κ3) is 4.87. The van der Waals surface area contributed by atoms with Gasteiger partial charge in [-0.25, -0.2) is 0 Å². The molecule has 1 atom stereocenters. The predicted molar refractivity (Wildman–Crippen MR) is 91.7 cm³/mol. The second kappa shape index (κ2) is 7.85. The predicted octanol–water partition coefficient (Wildman–Crippen LogP) is 2.73. The van der Waals surface area contributed by atoms with Crippen molar-refractivity contribution in [3.63, 3.8) is 0 Å². The average Bonchev–Trinajstić information content (AvgIpc) is 3.09. The van der Waals surface area contributed by atoms with E-state index in [1.165, 1.54) is 0 Å². The van der Waals surface area contributed by atoms with E-state index in [1.807, 2.05) is 30.3 Å². The zero-order valence-corrected chi connectivity index (χ0v) is 13.4. The zero-order valence-electron chi connectivity index (χ0n) is 12.6. The van der Waals surface area contributed by atoms with Gasteiger partial charge in [-0.2, -0.15) is 0 Å². The molecule has 3 rings (SSSR count). The van der Waals surface area contributed by atoms with Crippen LogP contribution in [0.4, 0.5) is 5.82 Å². The summed E-state index contributed by atoms with van der Waals surface area (Å²) < 4.78 is 11.1. The quantitative estimate of drug-likeness (QED) is 0.817. The van der Waals surface area contributed by atoms with Crippen LogP contribution in [0.1, 0.15) is 12.8 Å². The molecule has 1 saturated heterocycles. The molecular formula is C16H18N4O2S. The number of rotatable bonds is 5. The minimum absolute atomic E-state index is 0.238. The number of hydrogen-bond donors (Lipinski definition) is 2. The van der Waals surface area contributed by atoms with Crippen molar-refractivity contribution in [2.24, 2.45) is 0 Å². The number of nitrogens with one attached hydrogen (secondary N) is 2. The minimum Gasteiger partial charge on any atom is -0.438 e. The van der Waals surface area contributed by atoms with Crippen LogP contribution in [0.3, 0.4) is 0 Å². The lowest BCUT2D eigenvalue weighted by Crippen LogP contribution is -2.35. The first-order chi connectivity index (χ1) is 11.3. The zero-order chi connectivity index (χ0) is 15.9. The molecule has 1 aliphatic rings. The van der Waals surface area contributed by atoms with Crippen molar-refractivity contribution in [3.8, 4) is 11.6 Å². The lowest BCUT2D eigenvalue weighted by Gasteiger charge is -2.13. The van der Waals surface area contributed by atoms with Gasteiger partial charge >= 0.3 is 0 Å². The van der Waals surface area contributed by atoms with Gasteiger partial charge in [-0.1, -0.05) is 18.2 Å². The summed E-state index contributed by atoms with van der Waals surface area (Å²) in [5, 5.41) is 14.7. The van der Waals surface area contributed by atoms with Crippen LogP contribution in [0, 0.1) is 0 Å². The summed E-state index contributed by atoms with van der Waals surface area (Å²) >= 11 is 5.23. The summed E-state index contributed by atoms with van der Waals surface area (Å²) in [6.45, 7) is 1.54. The summed E-state index contributed by atoms with van der Waals surface area (Å²) in [4.78, 5) is 0. The summed E-state index contributed by atoms with van der Waals surface area (Å²) in [7, 11) is 0. The van der Waals surface area contributed by atoms with Gasteiger partial charge in [0.2, 0.25) is 5.88 Å². The molecule has 2 aromatic rings. The van der Waals surface area contributed by atoms with Gasteiger partial charge in [0.25, 0.3) is 0 Å². The number of ether oxygens (including phenoxy) is 2. The van der Waals surface area contributed by atoms with Crippen molar-refractivity contribution in [2.45, 2.75) is 18.9 Å². The number of hydrogen-bond acceptors (Lipinski definition) is 5. The van der Waals surface area contributed by atoms with Crippen molar-refractivity contribution < 1.29 is 9.47 Å². The number of para-hydroxylation sites is 1. The number of thiocarbonyl (C=S) groups is 1. The molecule has 1 aromatic carbocycles. The molecule has 0 aliphatic carbocycles. The Bertz CT molecular complexity index is 630. The van der Waals surface area contributed by atoms with Crippen LogP contribution < -0.4 is 15.4 Å². The third-order valence-electron chi connectivity index (χ3n) is 3.36. The van der Waals surface area contributed by atoms with Crippen LogP contribution in [0.2, 0.25) is 0 Å². The minimum atomic E-state index is 0.238. The first-order valence-electron chi connectivity index (χ1n) is 7.53. The van der Waals surface area contributed by atoms with E-state index in [0.29, 0.717) is 23.4 Å². The normalized spacial score (nSPS) is 16.8. The SMILES string of the molecule is S=C(NCC1CCCO1)Nc1ccc(Oc2ccccc2)nn1. The van der Waals surface area contributed by atoms with Gasteiger partial charge in [-0.3, -0.25) is 0 Å². The Morgan fingerprint density at radius 3 is 2.78 bits per heavy atom. The summed E-state index contributed by atoms with van der Waals surface area (Å²) in [6, 6.07) is 13.0. The maximum Gasteiger partial charge on any atom is 0.238 e. The highest BCUT2D eigenvalue weighted by Crippen LogP contribution is 2.18. The van der Waals surface area contributed by atoms with E-state index in [9.17, 15) is 0 Å². The molecule has 1 aromatic heterocycles. The molecule has 120 valence electrons. The highest BCUT2D eigenvalue weighted by atomic mass is 32.1. The molecule has 0 saturated carbocycles. The van der Waals surface area contributed by atoms with Gasteiger partial charge in [0.05, 0.1) is 6.10 Å². The fraction of sp³-hybridized carbons (Fsp3) is 0.312. The van der Waals surface area contributed by atoms with Gasteiger partial charge < -0.3 is 20.1 Å². The molecule has 1 unspecified atom stereocenters. The van der Waals surface area contributed by atoms with Crippen LogP contribution in [0.25, 0.3) is 0 Å². The van der Waals surface area contributed by atoms with E-state index < -0.39 is 0 Å². The summed E-state index contributed by atoms with van der Waals surface area (Å²) in [5.41, 5.74) is 0. The van der Waals surface area contributed by atoms with Crippen molar-refractivity contribution >= 4 is 23.1 Å². The first kappa shape index (κ1) is 15.6. The molecule has 0 bridgehead atoms. The lowest BCUT2D eigenvalue weighted by molar-refractivity contribution is 0.114. The Kier molecular flexibility index (Phi) is 5.33. The molecule has 1 aliphatic heterocycles.